The Balaban J connectivity index is 1.82. The number of benzene rings is 4. The molecule has 0 spiro atoms. The van der Waals surface area contributed by atoms with Crippen molar-refractivity contribution in [1.82, 2.24) is 0 Å². The number of rotatable bonds is 5. The summed E-state index contributed by atoms with van der Waals surface area (Å²) in [4.78, 5) is 0. The summed E-state index contributed by atoms with van der Waals surface area (Å²) in [5.74, 6) is 0.936. The van der Waals surface area contributed by atoms with Crippen molar-refractivity contribution < 1.29 is 4.74 Å². The molecular weight excluding hydrogens is 328 g/mol. The molecule has 4 aromatic carbocycles. The van der Waals surface area contributed by atoms with E-state index < -0.39 is 0 Å². The third kappa shape index (κ3) is 3.63. The van der Waals surface area contributed by atoms with E-state index in [-0.39, 0.29) is 0 Å². The number of hydrogen-bond acceptors (Lipinski definition) is 1. The van der Waals surface area contributed by atoms with Gasteiger partial charge in [0.2, 0.25) is 0 Å². The molecule has 1 heteroatoms. The van der Waals surface area contributed by atoms with Crippen molar-refractivity contribution in [2.24, 2.45) is 0 Å². The van der Waals surface area contributed by atoms with Crippen LogP contribution in [-0.4, -0.2) is 7.11 Å². The Kier molecular flexibility index (Phi) is 5.02. The van der Waals surface area contributed by atoms with Crippen molar-refractivity contribution >= 4 is 16.3 Å². The van der Waals surface area contributed by atoms with Crippen molar-refractivity contribution in [3.8, 4) is 5.75 Å². The predicted octanol–water partition coefficient (Wildman–Crippen LogP) is 6.52. The van der Waals surface area contributed by atoms with Crippen LogP contribution in [-0.2, 0) is 6.42 Å². The van der Waals surface area contributed by atoms with Crippen LogP contribution < -0.4 is 4.74 Å². The first-order chi connectivity index (χ1) is 13.4. The van der Waals surface area contributed by atoms with Gasteiger partial charge in [0.05, 0.1) is 7.11 Å². The molecule has 0 amide bonds. The minimum absolute atomic E-state index is 0.809. The fraction of sp³-hybridized carbons (Fsp3) is 0.0769. The van der Waals surface area contributed by atoms with E-state index in [1.54, 1.807) is 7.11 Å². The molecule has 4 rings (SSSR count). The summed E-state index contributed by atoms with van der Waals surface area (Å²) in [6, 6.07) is 33.8. The molecule has 4 aromatic rings. The molecule has 27 heavy (non-hydrogen) atoms. The van der Waals surface area contributed by atoms with Crippen molar-refractivity contribution in [1.29, 1.82) is 0 Å². The molecule has 1 nitrogen and oxygen atoms in total. The molecule has 0 unspecified atom stereocenters. The van der Waals surface area contributed by atoms with E-state index in [1.165, 1.54) is 33.0 Å². The minimum Gasteiger partial charge on any atom is -0.496 e. The first-order valence-electron chi connectivity index (χ1n) is 9.22. The van der Waals surface area contributed by atoms with Gasteiger partial charge in [-0.1, -0.05) is 97.1 Å². The second-order valence-corrected chi connectivity index (χ2v) is 6.52. The van der Waals surface area contributed by atoms with Gasteiger partial charge in [-0.2, -0.15) is 0 Å². The van der Waals surface area contributed by atoms with Gasteiger partial charge in [-0.05, 0) is 40.0 Å². The van der Waals surface area contributed by atoms with E-state index in [9.17, 15) is 0 Å². The zero-order valence-electron chi connectivity index (χ0n) is 15.4. The van der Waals surface area contributed by atoms with Gasteiger partial charge in [0.15, 0.2) is 0 Å². The van der Waals surface area contributed by atoms with Crippen LogP contribution in [0.3, 0.4) is 0 Å². The maximum Gasteiger partial charge on any atom is 0.123 e. The summed E-state index contributed by atoms with van der Waals surface area (Å²) >= 11 is 0. The van der Waals surface area contributed by atoms with Crippen LogP contribution in [0.4, 0.5) is 0 Å². The fourth-order valence-electron chi connectivity index (χ4n) is 3.56. The normalized spacial score (nSPS) is 10.6. The highest BCUT2D eigenvalue weighted by Gasteiger charge is 2.09. The van der Waals surface area contributed by atoms with Crippen LogP contribution in [0.1, 0.15) is 16.7 Å². The summed E-state index contributed by atoms with van der Waals surface area (Å²) < 4.78 is 5.67. The molecule has 0 heterocycles. The van der Waals surface area contributed by atoms with Gasteiger partial charge in [0, 0.05) is 5.56 Å². The second kappa shape index (κ2) is 7.92. The summed E-state index contributed by atoms with van der Waals surface area (Å²) in [6.45, 7) is 0. The average molecular weight is 350 g/mol. The molecule has 0 fully saturated rings. The largest absolute Gasteiger partial charge is 0.496 e. The molecule has 0 saturated heterocycles. The summed E-state index contributed by atoms with van der Waals surface area (Å²) in [5.41, 5.74) is 4.91. The van der Waals surface area contributed by atoms with Gasteiger partial charge in [-0.15, -0.1) is 0 Å². The SMILES string of the molecule is COc1ccc2ccccc2c1CC=C(c1ccccc1)c1ccccc1. The zero-order valence-corrected chi connectivity index (χ0v) is 15.4. The van der Waals surface area contributed by atoms with Crippen LogP contribution in [0, 0.1) is 0 Å². The number of fused-ring (bicyclic) bond motifs is 1. The lowest BCUT2D eigenvalue weighted by molar-refractivity contribution is 0.411. The summed E-state index contributed by atoms with van der Waals surface area (Å²) in [6.07, 6.45) is 3.12. The van der Waals surface area contributed by atoms with Crippen LogP contribution in [0.25, 0.3) is 16.3 Å². The monoisotopic (exact) mass is 350 g/mol. The topological polar surface area (TPSA) is 9.23 Å². The van der Waals surface area contributed by atoms with Gasteiger partial charge in [0.1, 0.15) is 5.75 Å². The molecule has 0 aromatic heterocycles. The van der Waals surface area contributed by atoms with E-state index >= 15 is 0 Å². The van der Waals surface area contributed by atoms with E-state index in [4.69, 9.17) is 4.74 Å². The summed E-state index contributed by atoms with van der Waals surface area (Å²) in [5, 5.41) is 2.48. The van der Waals surface area contributed by atoms with Crippen molar-refractivity contribution in [3.63, 3.8) is 0 Å². The Bertz CT molecular complexity index is 1020. The van der Waals surface area contributed by atoms with E-state index in [0.717, 1.165) is 12.2 Å². The molecule has 0 saturated carbocycles. The maximum atomic E-state index is 5.67. The lowest BCUT2D eigenvalue weighted by atomic mass is 9.94. The van der Waals surface area contributed by atoms with Crippen LogP contribution in [0.2, 0.25) is 0 Å². The third-order valence-electron chi connectivity index (χ3n) is 4.90. The van der Waals surface area contributed by atoms with E-state index in [0.29, 0.717) is 0 Å². The number of methoxy groups -OCH3 is 1. The first kappa shape index (κ1) is 17.1. The maximum absolute atomic E-state index is 5.67. The molecule has 0 radical (unpaired) electrons. The highest BCUT2D eigenvalue weighted by Crippen LogP contribution is 2.31. The van der Waals surface area contributed by atoms with Gasteiger partial charge < -0.3 is 4.74 Å². The van der Waals surface area contributed by atoms with Crippen LogP contribution in [0.5, 0.6) is 5.75 Å². The zero-order chi connectivity index (χ0) is 18.5. The van der Waals surface area contributed by atoms with Gasteiger partial charge in [-0.25, -0.2) is 0 Å². The highest BCUT2D eigenvalue weighted by atomic mass is 16.5. The molecule has 0 aliphatic rings. The van der Waals surface area contributed by atoms with Gasteiger partial charge in [0.25, 0.3) is 0 Å². The van der Waals surface area contributed by atoms with Crippen LogP contribution in [0.15, 0.2) is 103 Å². The highest BCUT2D eigenvalue weighted by molar-refractivity contribution is 5.88. The lowest BCUT2D eigenvalue weighted by Crippen LogP contribution is -1.94. The number of hydrogen-bond donors (Lipinski definition) is 0. The molecule has 0 aliphatic heterocycles. The Hall–Kier alpha value is -3.32. The Morgan fingerprint density at radius 2 is 1.30 bits per heavy atom. The summed E-state index contributed by atoms with van der Waals surface area (Å²) in [7, 11) is 1.74. The van der Waals surface area contributed by atoms with Crippen LogP contribution >= 0.6 is 0 Å². The number of ether oxygens (including phenoxy) is 1. The predicted molar refractivity (Wildman–Crippen MR) is 114 cm³/mol. The molecule has 0 N–H and O–H groups in total. The van der Waals surface area contributed by atoms with Crippen molar-refractivity contribution in [2.45, 2.75) is 6.42 Å². The fourth-order valence-corrected chi connectivity index (χ4v) is 3.56. The second-order valence-electron chi connectivity index (χ2n) is 6.52. The number of allylic oxidation sites excluding steroid dienone is 1. The first-order valence-corrected chi connectivity index (χ1v) is 9.22. The van der Waals surface area contributed by atoms with Gasteiger partial charge in [-0.3, -0.25) is 0 Å². The standard InChI is InChI=1S/C26H22O/c1-27-26-19-16-22-14-8-9-15-24(22)25(26)18-17-23(20-10-4-2-5-11-20)21-12-6-3-7-13-21/h2-17,19H,18H2,1H3. The van der Waals surface area contributed by atoms with Crippen molar-refractivity contribution in [2.75, 3.05) is 7.11 Å². The lowest BCUT2D eigenvalue weighted by Gasteiger charge is -2.13. The Labute approximate surface area is 160 Å². The molecule has 0 atom stereocenters. The smallest absolute Gasteiger partial charge is 0.123 e. The minimum atomic E-state index is 0.809. The molecule has 0 aliphatic carbocycles. The van der Waals surface area contributed by atoms with E-state index in [1.807, 2.05) is 0 Å². The Morgan fingerprint density at radius 1 is 0.704 bits per heavy atom. The van der Waals surface area contributed by atoms with E-state index in [2.05, 4.69) is 103 Å². The molecule has 132 valence electrons. The third-order valence-corrected chi connectivity index (χ3v) is 4.90. The van der Waals surface area contributed by atoms with Crippen molar-refractivity contribution in [3.05, 3.63) is 120 Å². The quantitative estimate of drug-likeness (QED) is 0.398. The Morgan fingerprint density at radius 3 is 1.93 bits per heavy atom. The average Bonchev–Trinajstić information content (AvgIpc) is 2.75. The molecular formula is C26H22O. The van der Waals surface area contributed by atoms with Gasteiger partial charge >= 0.3 is 0 Å². The molecule has 0 bridgehead atoms.